The van der Waals surface area contributed by atoms with E-state index >= 15 is 0 Å². The zero-order valence-electron chi connectivity index (χ0n) is 12.2. The van der Waals surface area contributed by atoms with Gasteiger partial charge < -0.3 is 10.4 Å². The zero-order valence-corrected chi connectivity index (χ0v) is 13.0. The Labute approximate surface area is 124 Å². The van der Waals surface area contributed by atoms with Crippen LogP contribution in [0.15, 0.2) is 17.0 Å². The highest BCUT2D eigenvalue weighted by atomic mass is 32.2. The van der Waals surface area contributed by atoms with Crippen molar-refractivity contribution in [2.45, 2.75) is 25.2 Å². The minimum absolute atomic E-state index is 0.0344. The second-order valence-electron chi connectivity index (χ2n) is 5.25. The van der Waals surface area contributed by atoms with E-state index in [1.165, 1.54) is 10.4 Å². The highest BCUT2D eigenvalue weighted by molar-refractivity contribution is 7.89. The molecule has 1 aromatic rings. The molecule has 1 fully saturated rings. The molecule has 0 spiro atoms. The Bertz CT molecular complexity index is 647. The number of hydrogen-bond acceptors (Lipinski definition) is 4. The Morgan fingerprint density at radius 2 is 1.90 bits per heavy atom. The van der Waals surface area contributed by atoms with Crippen molar-refractivity contribution in [3.05, 3.63) is 28.8 Å². The largest absolute Gasteiger partial charge is 0.478 e. The molecule has 7 heteroatoms. The monoisotopic (exact) mass is 312 g/mol. The van der Waals surface area contributed by atoms with Gasteiger partial charge in [-0.25, -0.2) is 13.2 Å². The molecule has 0 unspecified atom stereocenters. The summed E-state index contributed by atoms with van der Waals surface area (Å²) in [6.07, 6.45) is 0.746. The molecule has 1 heterocycles. The van der Waals surface area contributed by atoms with Gasteiger partial charge in [0.05, 0.1) is 10.5 Å². The fraction of sp³-hybridized carbons (Fsp3) is 0.500. The Morgan fingerprint density at radius 1 is 1.19 bits per heavy atom. The number of rotatable bonds is 3. The van der Waals surface area contributed by atoms with Crippen LogP contribution in [0, 0.1) is 13.8 Å². The SMILES string of the molecule is Cc1cc(C)c(S(=O)(=O)N2CCCNCC2)cc1C(=O)O. The van der Waals surface area contributed by atoms with E-state index in [4.69, 9.17) is 0 Å². The highest BCUT2D eigenvalue weighted by Crippen LogP contribution is 2.24. The van der Waals surface area contributed by atoms with Crippen LogP contribution in [0.3, 0.4) is 0 Å². The van der Waals surface area contributed by atoms with Gasteiger partial charge in [-0.3, -0.25) is 0 Å². The summed E-state index contributed by atoms with van der Waals surface area (Å²) >= 11 is 0. The molecule has 0 atom stereocenters. The van der Waals surface area contributed by atoms with E-state index in [2.05, 4.69) is 5.32 Å². The number of nitrogens with zero attached hydrogens (tertiary/aromatic N) is 1. The number of benzene rings is 1. The van der Waals surface area contributed by atoms with Crippen molar-refractivity contribution >= 4 is 16.0 Å². The predicted molar refractivity (Wildman–Crippen MR) is 79.1 cm³/mol. The van der Waals surface area contributed by atoms with Crippen LogP contribution in [-0.4, -0.2) is 50.0 Å². The third-order valence-corrected chi connectivity index (χ3v) is 5.71. The fourth-order valence-electron chi connectivity index (χ4n) is 2.54. The van der Waals surface area contributed by atoms with Gasteiger partial charge in [0.15, 0.2) is 0 Å². The third-order valence-electron chi connectivity index (χ3n) is 3.67. The first kappa shape index (κ1) is 15.9. The molecule has 0 radical (unpaired) electrons. The van der Waals surface area contributed by atoms with E-state index in [-0.39, 0.29) is 10.5 Å². The molecule has 1 aliphatic rings. The molecular formula is C14H20N2O4S. The van der Waals surface area contributed by atoms with Crippen LogP contribution in [0.5, 0.6) is 0 Å². The van der Waals surface area contributed by atoms with Gasteiger partial charge in [-0.05, 0) is 44.0 Å². The summed E-state index contributed by atoms with van der Waals surface area (Å²) < 4.78 is 26.9. The molecule has 6 nitrogen and oxygen atoms in total. The Hall–Kier alpha value is -1.44. The lowest BCUT2D eigenvalue weighted by Gasteiger charge is -2.21. The van der Waals surface area contributed by atoms with Crippen molar-refractivity contribution in [1.29, 1.82) is 0 Å². The van der Waals surface area contributed by atoms with Gasteiger partial charge in [-0.15, -0.1) is 0 Å². The fourth-order valence-corrected chi connectivity index (χ4v) is 4.25. The minimum atomic E-state index is -3.66. The zero-order chi connectivity index (χ0) is 15.6. The second kappa shape index (κ2) is 6.13. The average molecular weight is 312 g/mol. The summed E-state index contributed by atoms with van der Waals surface area (Å²) in [5.41, 5.74) is 1.18. The summed E-state index contributed by atoms with van der Waals surface area (Å²) in [6, 6.07) is 2.90. The van der Waals surface area contributed by atoms with Crippen molar-refractivity contribution in [2.75, 3.05) is 26.2 Å². The number of sulfonamides is 1. The van der Waals surface area contributed by atoms with E-state index in [0.717, 1.165) is 13.0 Å². The first-order valence-electron chi connectivity index (χ1n) is 6.89. The molecule has 1 aromatic carbocycles. The lowest BCUT2D eigenvalue weighted by atomic mass is 10.1. The van der Waals surface area contributed by atoms with Gasteiger partial charge in [-0.1, -0.05) is 6.07 Å². The second-order valence-corrected chi connectivity index (χ2v) is 7.15. The van der Waals surface area contributed by atoms with Crippen LogP contribution in [0.4, 0.5) is 0 Å². The van der Waals surface area contributed by atoms with Crippen molar-refractivity contribution in [3.63, 3.8) is 0 Å². The minimum Gasteiger partial charge on any atom is -0.478 e. The van der Waals surface area contributed by atoms with Crippen molar-refractivity contribution in [1.82, 2.24) is 9.62 Å². The lowest BCUT2D eigenvalue weighted by Crippen LogP contribution is -2.34. The number of carboxylic acids is 1. The number of aryl methyl sites for hydroxylation is 2. The van der Waals surface area contributed by atoms with E-state index in [0.29, 0.717) is 30.8 Å². The Balaban J connectivity index is 2.48. The molecule has 0 amide bonds. The maximum absolute atomic E-state index is 12.8. The normalized spacial score (nSPS) is 17.4. The van der Waals surface area contributed by atoms with Crippen molar-refractivity contribution in [3.8, 4) is 0 Å². The summed E-state index contributed by atoms with van der Waals surface area (Å²) in [5.74, 6) is -1.11. The first-order valence-corrected chi connectivity index (χ1v) is 8.33. The van der Waals surface area contributed by atoms with Gasteiger partial charge in [0.1, 0.15) is 0 Å². The number of nitrogens with one attached hydrogen (secondary N) is 1. The molecule has 2 N–H and O–H groups in total. The van der Waals surface area contributed by atoms with Gasteiger partial charge in [0, 0.05) is 19.6 Å². The van der Waals surface area contributed by atoms with Gasteiger partial charge in [-0.2, -0.15) is 4.31 Å². The third kappa shape index (κ3) is 3.25. The number of carbonyl (C=O) groups is 1. The summed E-state index contributed by atoms with van der Waals surface area (Å²) in [4.78, 5) is 11.3. The molecule has 116 valence electrons. The molecule has 0 saturated carbocycles. The van der Waals surface area contributed by atoms with E-state index in [9.17, 15) is 18.3 Å². The van der Waals surface area contributed by atoms with Crippen LogP contribution in [0.2, 0.25) is 0 Å². The smallest absolute Gasteiger partial charge is 0.335 e. The van der Waals surface area contributed by atoms with E-state index < -0.39 is 16.0 Å². The average Bonchev–Trinajstić information content (AvgIpc) is 2.67. The van der Waals surface area contributed by atoms with Crippen LogP contribution in [0.25, 0.3) is 0 Å². The van der Waals surface area contributed by atoms with Crippen molar-refractivity contribution < 1.29 is 18.3 Å². The number of hydrogen-bond donors (Lipinski definition) is 2. The topological polar surface area (TPSA) is 86.7 Å². The van der Waals surface area contributed by atoms with Crippen LogP contribution >= 0.6 is 0 Å². The molecule has 0 aromatic heterocycles. The van der Waals surface area contributed by atoms with Crippen LogP contribution < -0.4 is 5.32 Å². The Kier molecular flexibility index (Phi) is 4.65. The van der Waals surface area contributed by atoms with Crippen LogP contribution in [-0.2, 0) is 10.0 Å². The molecule has 21 heavy (non-hydrogen) atoms. The lowest BCUT2D eigenvalue weighted by molar-refractivity contribution is 0.0696. The van der Waals surface area contributed by atoms with Gasteiger partial charge in [0.25, 0.3) is 0 Å². The Morgan fingerprint density at radius 3 is 2.57 bits per heavy atom. The van der Waals surface area contributed by atoms with Crippen LogP contribution in [0.1, 0.15) is 27.9 Å². The standard InChI is InChI=1S/C14H20N2O4S/c1-10-8-11(2)13(9-12(10)14(17)18)21(19,20)16-6-3-4-15-5-7-16/h8-9,15H,3-7H2,1-2H3,(H,17,18). The maximum Gasteiger partial charge on any atom is 0.335 e. The number of carboxylic acid groups (broad SMARTS) is 1. The summed E-state index contributed by atoms with van der Waals surface area (Å²) in [7, 11) is -3.66. The maximum atomic E-state index is 12.8. The molecule has 1 saturated heterocycles. The molecule has 0 bridgehead atoms. The molecule has 1 aliphatic heterocycles. The van der Waals surface area contributed by atoms with E-state index in [1.54, 1.807) is 19.9 Å². The summed E-state index contributed by atoms with van der Waals surface area (Å²) in [5, 5.41) is 12.3. The van der Waals surface area contributed by atoms with Gasteiger partial charge in [0.2, 0.25) is 10.0 Å². The molecule has 2 rings (SSSR count). The van der Waals surface area contributed by atoms with E-state index in [1.807, 2.05) is 0 Å². The molecular weight excluding hydrogens is 292 g/mol. The first-order chi connectivity index (χ1) is 9.84. The quantitative estimate of drug-likeness (QED) is 0.869. The predicted octanol–water partition coefficient (Wildman–Crippen LogP) is 0.986. The number of aromatic carboxylic acids is 1. The van der Waals surface area contributed by atoms with Crippen molar-refractivity contribution in [2.24, 2.45) is 0 Å². The highest BCUT2D eigenvalue weighted by Gasteiger charge is 2.28. The van der Waals surface area contributed by atoms with Gasteiger partial charge >= 0.3 is 5.97 Å². The summed E-state index contributed by atoms with van der Waals surface area (Å²) in [6.45, 7) is 5.61. The molecule has 0 aliphatic carbocycles.